The van der Waals surface area contributed by atoms with Gasteiger partial charge < -0.3 is 15.4 Å². The third-order valence-electron chi connectivity index (χ3n) is 6.79. The predicted molar refractivity (Wildman–Crippen MR) is 154 cm³/mol. The first kappa shape index (κ1) is 28.3. The number of aryl methyl sites for hydroxylation is 1. The third kappa shape index (κ3) is 5.41. The average molecular weight is 581 g/mol. The summed E-state index contributed by atoms with van der Waals surface area (Å²) in [6, 6.07) is 11.5. The first-order chi connectivity index (χ1) is 19.3. The summed E-state index contributed by atoms with van der Waals surface area (Å²) in [5, 5.41) is 0.346. The number of pyridine rings is 1. The molecule has 0 spiro atoms. The van der Waals surface area contributed by atoms with Gasteiger partial charge in [0.1, 0.15) is 17.2 Å². The minimum Gasteiger partial charge on any atom is -0.444 e. The molecule has 0 aliphatic carbocycles. The van der Waals surface area contributed by atoms with E-state index in [9.17, 15) is 22.0 Å². The normalized spacial score (nSPS) is 14.3. The van der Waals surface area contributed by atoms with E-state index in [1.54, 1.807) is 45.0 Å². The fourth-order valence-corrected chi connectivity index (χ4v) is 6.25. The highest BCUT2D eigenvalue weighted by Gasteiger charge is 2.30. The lowest BCUT2D eigenvalue weighted by Crippen LogP contribution is -2.39. The van der Waals surface area contributed by atoms with Crippen molar-refractivity contribution in [3.8, 4) is 11.1 Å². The molecule has 0 fully saturated rings. The Labute approximate surface area is 237 Å². The van der Waals surface area contributed by atoms with Gasteiger partial charge in [-0.3, -0.25) is 0 Å². The number of nitrogens with two attached hydrogens (primary N) is 1. The largest absolute Gasteiger partial charge is 0.444 e. The molecule has 8 nitrogen and oxygen atoms in total. The number of carbonyl (C=O) groups is 1. The van der Waals surface area contributed by atoms with Crippen molar-refractivity contribution in [1.82, 2.24) is 13.9 Å². The van der Waals surface area contributed by atoms with E-state index in [4.69, 9.17) is 10.5 Å². The number of hydrogen-bond donors (Lipinski definition) is 1. The lowest BCUT2D eigenvalue weighted by molar-refractivity contribution is 0.0270. The van der Waals surface area contributed by atoms with E-state index in [1.165, 1.54) is 35.4 Å². The molecule has 214 valence electrons. The van der Waals surface area contributed by atoms with Crippen molar-refractivity contribution in [2.24, 2.45) is 0 Å². The number of fused-ring (bicyclic) bond motifs is 1. The maximum Gasteiger partial charge on any atom is 0.410 e. The van der Waals surface area contributed by atoms with Crippen molar-refractivity contribution >= 4 is 38.4 Å². The number of carbonyl (C=O) groups excluding carboxylic acids is 1. The van der Waals surface area contributed by atoms with E-state index < -0.39 is 33.4 Å². The highest BCUT2D eigenvalue weighted by Crippen LogP contribution is 2.38. The molecule has 0 saturated carbocycles. The van der Waals surface area contributed by atoms with Crippen LogP contribution in [0.2, 0.25) is 0 Å². The SMILES string of the molecule is Cc1ccc(S(=O)(=O)n2c(C3=CCN(C(=O)OC(C)(C)C)CC3)cc3c(-c4cc(N)c(F)cc4F)ccnc32)cc1. The molecule has 2 aromatic heterocycles. The Morgan fingerprint density at radius 3 is 2.37 bits per heavy atom. The van der Waals surface area contributed by atoms with Crippen LogP contribution in [0, 0.1) is 18.6 Å². The fraction of sp³-hybridized carbons (Fsp3) is 0.267. The fourth-order valence-electron chi connectivity index (χ4n) is 4.76. The van der Waals surface area contributed by atoms with Crippen LogP contribution in [0.1, 0.15) is 38.4 Å². The van der Waals surface area contributed by atoms with Crippen molar-refractivity contribution in [2.75, 3.05) is 18.8 Å². The molecular weight excluding hydrogens is 550 g/mol. The molecule has 2 aromatic carbocycles. The van der Waals surface area contributed by atoms with Gasteiger partial charge in [-0.2, -0.15) is 0 Å². The molecule has 0 unspecified atom stereocenters. The first-order valence-corrected chi connectivity index (χ1v) is 14.5. The maximum absolute atomic E-state index is 15.0. The number of benzene rings is 2. The standard InChI is InChI=1S/C30H30F2N4O4S/c1-18-5-7-20(8-6-18)41(38,39)36-27(19-10-13-35(14-11-19)29(37)40-30(2,3)4)16-23-21(9-12-34-28(23)36)22-15-26(33)25(32)17-24(22)31/h5-10,12,15-17H,11,13-14,33H2,1-4H3. The Hall–Kier alpha value is -4.25. The van der Waals surface area contributed by atoms with E-state index in [0.717, 1.165) is 9.54 Å². The Kier molecular flexibility index (Phi) is 7.10. The minimum absolute atomic E-state index is 0.0152. The zero-order valence-electron chi connectivity index (χ0n) is 23.1. The molecule has 3 heterocycles. The zero-order chi connectivity index (χ0) is 29.7. The number of nitrogen functional groups attached to an aromatic ring is 1. The van der Waals surface area contributed by atoms with Gasteiger partial charge in [-0.05, 0) is 75.6 Å². The number of halogens is 2. The minimum atomic E-state index is -4.17. The van der Waals surface area contributed by atoms with Crippen LogP contribution in [0.15, 0.2) is 65.7 Å². The Balaban J connectivity index is 1.69. The molecule has 2 N–H and O–H groups in total. The number of aromatic nitrogens is 2. The molecule has 0 radical (unpaired) electrons. The van der Waals surface area contributed by atoms with E-state index >= 15 is 0 Å². The number of amides is 1. The summed E-state index contributed by atoms with van der Waals surface area (Å²) in [7, 11) is -4.17. The van der Waals surface area contributed by atoms with Crippen molar-refractivity contribution < 1.29 is 26.7 Å². The summed E-state index contributed by atoms with van der Waals surface area (Å²) in [4.78, 5) is 18.6. The highest BCUT2D eigenvalue weighted by molar-refractivity contribution is 7.90. The van der Waals surface area contributed by atoms with Crippen LogP contribution in [0.25, 0.3) is 27.7 Å². The smallest absolute Gasteiger partial charge is 0.410 e. The molecule has 41 heavy (non-hydrogen) atoms. The van der Waals surface area contributed by atoms with E-state index in [2.05, 4.69) is 4.98 Å². The molecule has 0 atom stereocenters. The lowest BCUT2D eigenvalue weighted by Gasteiger charge is -2.29. The van der Waals surface area contributed by atoms with Crippen LogP contribution in [-0.2, 0) is 14.8 Å². The maximum atomic E-state index is 15.0. The zero-order valence-corrected chi connectivity index (χ0v) is 23.9. The summed E-state index contributed by atoms with van der Waals surface area (Å²) in [5.41, 5.74) is 7.15. The average Bonchev–Trinajstić information content (AvgIpc) is 3.31. The van der Waals surface area contributed by atoms with Crippen molar-refractivity contribution in [2.45, 2.75) is 44.6 Å². The third-order valence-corrected chi connectivity index (χ3v) is 8.51. The van der Waals surface area contributed by atoms with Crippen LogP contribution in [0.4, 0.5) is 19.3 Å². The summed E-state index contributed by atoms with van der Waals surface area (Å²) in [5.74, 6) is -1.73. The van der Waals surface area contributed by atoms with Gasteiger partial charge in [-0.1, -0.05) is 23.8 Å². The first-order valence-electron chi connectivity index (χ1n) is 13.0. The summed E-state index contributed by atoms with van der Waals surface area (Å²) < 4.78 is 63.7. The topological polar surface area (TPSA) is 108 Å². The molecule has 5 rings (SSSR count). The van der Waals surface area contributed by atoms with E-state index in [-0.39, 0.29) is 28.3 Å². The molecule has 11 heteroatoms. The van der Waals surface area contributed by atoms with Crippen molar-refractivity contribution in [3.63, 3.8) is 0 Å². The van der Waals surface area contributed by atoms with Crippen LogP contribution in [-0.4, -0.2) is 47.1 Å². The van der Waals surface area contributed by atoms with Gasteiger partial charge in [0.05, 0.1) is 16.3 Å². The quantitative estimate of drug-likeness (QED) is 0.291. The number of anilines is 1. The van der Waals surface area contributed by atoms with Gasteiger partial charge >= 0.3 is 6.09 Å². The lowest BCUT2D eigenvalue weighted by atomic mass is 10.0. The second-order valence-electron chi connectivity index (χ2n) is 11.0. The molecule has 4 aromatic rings. The Bertz CT molecular complexity index is 1810. The highest BCUT2D eigenvalue weighted by atomic mass is 32.2. The number of ether oxygens (including phenoxy) is 1. The number of rotatable bonds is 4. The number of nitrogens with zero attached hydrogens (tertiary/aromatic N) is 3. The van der Waals surface area contributed by atoms with Crippen LogP contribution in [0.3, 0.4) is 0 Å². The van der Waals surface area contributed by atoms with Gasteiger partial charge in [-0.25, -0.2) is 30.9 Å². The monoisotopic (exact) mass is 580 g/mol. The molecule has 1 aliphatic rings. The van der Waals surface area contributed by atoms with Crippen LogP contribution >= 0.6 is 0 Å². The van der Waals surface area contributed by atoms with Gasteiger partial charge in [0, 0.05) is 36.3 Å². The van der Waals surface area contributed by atoms with Gasteiger partial charge in [0.2, 0.25) is 0 Å². The van der Waals surface area contributed by atoms with E-state index in [0.29, 0.717) is 41.2 Å². The second-order valence-corrected chi connectivity index (χ2v) is 12.8. The van der Waals surface area contributed by atoms with Gasteiger partial charge in [0.15, 0.2) is 5.65 Å². The second kappa shape index (κ2) is 10.3. The van der Waals surface area contributed by atoms with E-state index in [1.807, 2.05) is 6.92 Å². The summed E-state index contributed by atoms with van der Waals surface area (Å²) in [6.45, 7) is 7.72. The summed E-state index contributed by atoms with van der Waals surface area (Å²) in [6.07, 6.45) is 3.03. The van der Waals surface area contributed by atoms with Crippen LogP contribution < -0.4 is 5.73 Å². The van der Waals surface area contributed by atoms with Gasteiger partial charge in [0.25, 0.3) is 10.0 Å². The Morgan fingerprint density at radius 1 is 1.02 bits per heavy atom. The molecule has 1 aliphatic heterocycles. The molecule has 0 bridgehead atoms. The molecule has 0 saturated heterocycles. The predicted octanol–water partition coefficient (Wildman–Crippen LogP) is 6.13. The Morgan fingerprint density at radius 2 is 1.73 bits per heavy atom. The molecular formula is C30H30F2N4O4S. The van der Waals surface area contributed by atoms with Crippen molar-refractivity contribution in [1.29, 1.82) is 0 Å². The van der Waals surface area contributed by atoms with Gasteiger partial charge in [-0.15, -0.1) is 0 Å². The molecule has 1 amide bonds. The van der Waals surface area contributed by atoms with Crippen LogP contribution in [0.5, 0.6) is 0 Å². The van der Waals surface area contributed by atoms with Crippen molar-refractivity contribution in [3.05, 3.63) is 83.7 Å². The summed E-state index contributed by atoms with van der Waals surface area (Å²) >= 11 is 0. The number of hydrogen-bond acceptors (Lipinski definition) is 6.